The number of hydrogen-bond acceptors (Lipinski definition) is 2. The third-order valence-electron chi connectivity index (χ3n) is 3.71. The summed E-state index contributed by atoms with van der Waals surface area (Å²) in [6.45, 7) is 5.93. The van der Waals surface area contributed by atoms with Crippen LogP contribution in [0.25, 0.3) is 0 Å². The van der Waals surface area contributed by atoms with Gasteiger partial charge in [-0.25, -0.2) is 4.39 Å². The van der Waals surface area contributed by atoms with Gasteiger partial charge in [-0.15, -0.1) is 0 Å². The van der Waals surface area contributed by atoms with Gasteiger partial charge in [0.2, 0.25) is 0 Å². The quantitative estimate of drug-likeness (QED) is 0.821. The Kier molecular flexibility index (Phi) is 4.97. The van der Waals surface area contributed by atoms with Gasteiger partial charge < -0.3 is 9.84 Å². The van der Waals surface area contributed by atoms with E-state index in [9.17, 15) is 9.50 Å². The Morgan fingerprint density at radius 3 is 2.33 bits per heavy atom. The molecule has 0 aliphatic carbocycles. The van der Waals surface area contributed by atoms with Gasteiger partial charge in [0.1, 0.15) is 17.3 Å². The van der Waals surface area contributed by atoms with Crippen LogP contribution in [-0.4, -0.2) is 5.11 Å². The molecule has 2 aromatic carbocycles. The van der Waals surface area contributed by atoms with Crippen molar-refractivity contribution in [2.24, 2.45) is 0 Å². The van der Waals surface area contributed by atoms with E-state index in [1.54, 1.807) is 13.0 Å². The minimum absolute atomic E-state index is 0.384. The van der Waals surface area contributed by atoms with Crippen molar-refractivity contribution in [3.63, 3.8) is 0 Å². The summed E-state index contributed by atoms with van der Waals surface area (Å²) in [5.74, 6) is 1.28. The summed E-state index contributed by atoms with van der Waals surface area (Å²) in [5.41, 5.74) is 1.71. The molecule has 2 rings (SSSR count). The van der Waals surface area contributed by atoms with E-state index in [4.69, 9.17) is 4.74 Å². The highest BCUT2D eigenvalue weighted by molar-refractivity contribution is 5.40. The number of aliphatic hydroxyl groups excluding tert-OH is 1. The molecule has 0 spiro atoms. The molecular weight excluding hydrogens is 267 g/mol. The van der Waals surface area contributed by atoms with E-state index in [0.717, 1.165) is 6.42 Å². The fraction of sp³-hybridized carbons (Fsp3) is 0.333. The van der Waals surface area contributed by atoms with Crippen LogP contribution in [0.2, 0.25) is 0 Å². The van der Waals surface area contributed by atoms with Crippen LogP contribution in [0.5, 0.6) is 11.5 Å². The zero-order valence-corrected chi connectivity index (χ0v) is 12.6. The summed E-state index contributed by atoms with van der Waals surface area (Å²) in [6.07, 6.45) is 0.305. The Morgan fingerprint density at radius 1 is 1.10 bits per heavy atom. The van der Waals surface area contributed by atoms with Crippen molar-refractivity contribution in [2.75, 3.05) is 0 Å². The highest BCUT2D eigenvalue weighted by Crippen LogP contribution is 2.31. The van der Waals surface area contributed by atoms with Gasteiger partial charge in [0.25, 0.3) is 0 Å². The molecule has 0 amide bonds. The molecule has 0 radical (unpaired) electrons. The highest BCUT2D eigenvalue weighted by Gasteiger charge is 2.12. The van der Waals surface area contributed by atoms with Crippen molar-refractivity contribution in [3.8, 4) is 11.5 Å². The number of rotatable bonds is 5. The number of halogens is 1. The Balaban J connectivity index is 2.22. The minimum Gasteiger partial charge on any atom is -0.457 e. The van der Waals surface area contributed by atoms with Crippen LogP contribution in [0.4, 0.5) is 4.39 Å². The molecule has 1 N–H and O–H groups in total. The average molecular weight is 288 g/mol. The van der Waals surface area contributed by atoms with Crippen molar-refractivity contribution < 1.29 is 14.2 Å². The highest BCUT2D eigenvalue weighted by atomic mass is 19.1. The molecule has 2 aromatic rings. The van der Waals surface area contributed by atoms with Gasteiger partial charge in [-0.3, -0.25) is 0 Å². The topological polar surface area (TPSA) is 29.5 Å². The predicted octanol–water partition coefficient (Wildman–Crippen LogP) is 5.18. The summed E-state index contributed by atoms with van der Waals surface area (Å²) < 4.78 is 19.0. The summed E-state index contributed by atoms with van der Waals surface area (Å²) in [4.78, 5) is 0. The van der Waals surface area contributed by atoms with Gasteiger partial charge in [0.15, 0.2) is 0 Å². The van der Waals surface area contributed by atoms with E-state index >= 15 is 0 Å². The number of benzene rings is 2. The van der Waals surface area contributed by atoms with Crippen LogP contribution in [-0.2, 0) is 0 Å². The van der Waals surface area contributed by atoms with Crippen molar-refractivity contribution in [1.29, 1.82) is 0 Å². The second-order valence-electron chi connectivity index (χ2n) is 5.34. The molecule has 0 aliphatic rings. The fourth-order valence-electron chi connectivity index (χ4n) is 2.17. The van der Waals surface area contributed by atoms with Gasteiger partial charge in [-0.1, -0.05) is 26.0 Å². The molecule has 21 heavy (non-hydrogen) atoms. The van der Waals surface area contributed by atoms with Crippen molar-refractivity contribution in [2.45, 2.75) is 39.2 Å². The van der Waals surface area contributed by atoms with E-state index in [0.29, 0.717) is 23.0 Å². The van der Waals surface area contributed by atoms with E-state index in [1.807, 2.05) is 24.3 Å². The molecule has 0 saturated carbocycles. The Hall–Kier alpha value is -1.87. The largest absolute Gasteiger partial charge is 0.457 e. The summed E-state index contributed by atoms with van der Waals surface area (Å²) in [6, 6.07) is 12.0. The number of aliphatic hydroxyl groups is 1. The lowest BCUT2D eigenvalue weighted by Crippen LogP contribution is -1.97. The SMILES string of the molecule is CCC(C)c1ccc(Oc2ccc(F)cc2C(C)O)cc1. The van der Waals surface area contributed by atoms with Crippen LogP contribution < -0.4 is 4.74 Å². The first-order valence-electron chi connectivity index (χ1n) is 7.26. The first-order valence-corrected chi connectivity index (χ1v) is 7.26. The van der Waals surface area contributed by atoms with Crippen LogP contribution in [0, 0.1) is 5.82 Å². The third kappa shape index (κ3) is 3.82. The van der Waals surface area contributed by atoms with Crippen molar-refractivity contribution >= 4 is 0 Å². The summed E-state index contributed by atoms with van der Waals surface area (Å²) >= 11 is 0. The van der Waals surface area contributed by atoms with Crippen LogP contribution in [0.3, 0.4) is 0 Å². The molecule has 112 valence electrons. The average Bonchev–Trinajstić information content (AvgIpc) is 2.49. The summed E-state index contributed by atoms with van der Waals surface area (Å²) in [7, 11) is 0. The van der Waals surface area contributed by atoms with E-state index < -0.39 is 6.10 Å². The van der Waals surface area contributed by atoms with Gasteiger partial charge in [-0.2, -0.15) is 0 Å². The zero-order valence-electron chi connectivity index (χ0n) is 12.6. The maximum Gasteiger partial charge on any atom is 0.133 e. The predicted molar refractivity (Wildman–Crippen MR) is 82.3 cm³/mol. The first kappa shape index (κ1) is 15.5. The summed E-state index contributed by atoms with van der Waals surface area (Å²) in [5, 5.41) is 9.71. The Bertz CT molecular complexity index is 591. The van der Waals surface area contributed by atoms with Crippen molar-refractivity contribution in [3.05, 3.63) is 59.4 Å². The van der Waals surface area contributed by atoms with Crippen LogP contribution in [0.1, 0.15) is 50.3 Å². The Morgan fingerprint density at radius 2 is 1.76 bits per heavy atom. The van der Waals surface area contributed by atoms with E-state index in [-0.39, 0.29) is 5.82 Å². The molecule has 0 heterocycles. The molecule has 2 atom stereocenters. The molecule has 3 heteroatoms. The van der Waals surface area contributed by atoms with Crippen molar-refractivity contribution in [1.82, 2.24) is 0 Å². The van der Waals surface area contributed by atoms with E-state index in [2.05, 4.69) is 13.8 Å². The normalized spacial score (nSPS) is 13.8. The second kappa shape index (κ2) is 6.72. The molecule has 0 aliphatic heterocycles. The molecule has 2 unspecified atom stereocenters. The Labute approximate surface area is 125 Å². The minimum atomic E-state index is -0.782. The van der Waals surface area contributed by atoms with Crippen LogP contribution in [0.15, 0.2) is 42.5 Å². The standard InChI is InChI=1S/C18H21FO2/c1-4-12(2)14-5-8-16(9-6-14)21-18-10-7-15(19)11-17(18)13(3)20/h5-13,20H,4H2,1-3H3. The molecule has 0 saturated heterocycles. The lowest BCUT2D eigenvalue weighted by Gasteiger charge is -2.14. The van der Waals surface area contributed by atoms with Gasteiger partial charge in [0.05, 0.1) is 6.10 Å². The molecular formula is C18H21FO2. The first-order chi connectivity index (χ1) is 10.0. The van der Waals surface area contributed by atoms with Gasteiger partial charge >= 0.3 is 0 Å². The van der Waals surface area contributed by atoms with E-state index in [1.165, 1.54) is 17.7 Å². The fourth-order valence-corrected chi connectivity index (χ4v) is 2.17. The maximum atomic E-state index is 13.3. The number of hydrogen-bond donors (Lipinski definition) is 1. The smallest absolute Gasteiger partial charge is 0.133 e. The lowest BCUT2D eigenvalue weighted by molar-refractivity contribution is 0.195. The number of ether oxygens (including phenoxy) is 1. The van der Waals surface area contributed by atoms with Crippen LogP contribution >= 0.6 is 0 Å². The zero-order chi connectivity index (χ0) is 15.4. The molecule has 2 nitrogen and oxygen atoms in total. The van der Waals surface area contributed by atoms with Gasteiger partial charge in [0, 0.05) is 5.56 Å². The third-order valence-corrected chi connectivity index (χ3v) is 3.71. The molecule has 0 fully saturated rings. The monoisotopic (exact) mass is 288 g/mol. The molecule has 0 aromatic heterocycles. The maximum absolute atomic E-state index is 13.3. The second-order valence-corrected chi connectivity index (χ2v) is 5.34. The molecule has 0 bridgehead atoms. The van der Waals surface area contributed by atoms with Gasteiger partial charge in [-0.05, 0) is 55.2 Å². The lowest BCUT2D eigenvalue weighted by atomic mass is 9.99.